The molecule has 4 N–H and O–H groups in total. The molecule has 0 radical (unpaired) electrons. The van der Waals surface area contributed by atoms with Gasteiger partial charge in [0.2, 0.25) is 5.91 Å². The van der Waals surface area contributed by atoms with E-state index in [-0.39, 0.29) is 36.9 Å². The van der Waals surface area contributed by atoms with Gasteiger partial charge in [-0.25, -0.2) is 9.18 Å². The van der Waals surface area contributed by atoms with E-state index in [1.54, 1.807) is 0 Å². The first-order valence-corrected chi connectivity index (χ1v) is 10.6. The third-order valence-corrected chi connectivity index (χ3v) is 5.58. The minimum absolute atomic E-state index is 0.0589. The maximum Gasteiger partial charge on any atom is 0.319 e. The second-order valence-corrected chi connectivity index (χ2v) is 7.87. The Labute approximate surface area is 176 Å². The van der Waals surface area contributed by atoms with Crippen LogP contribution in [0.2, 0.25) is 0 Å². The summed E-state index contributed by atoms with van der Waals surface area (Å²) >= 11 is 0. The van der Waals surface area contributed by atoms with Gasteiger partial charge < -0.3 is 30.7 Å². The van der Waals surface area contributed by atoms with Crippen LogP contribution in [-0.4, -0.2) is 73.0 Å². The minimum atomic E-state index is -0.583. The van der Waals surface area contributed by atoms with Crippen LogP contribution in [0.1, 0.15) is 32.1 Å². The van der Waals surface area contributed by atoms with Crippen molar-refractivity contribution in [2.45, 2.75) is 50.4 Å². The van der Waals surface area contributed by atoms with Gasteiger partial charge in [-0.2, -0.15) is 0 Å². The van der Waals surface area contributed by atoms with Crippen LogP contribution >= 0.6 is 0 Å². The molecule has 2 aliphatic rings. The van der Waals surface area contributed by atoms with Crippen molar-refractivity contribution in [2.75, 3.05) is 38.1 Å². The van der Waals surface area contributed by atoms with Crippen LogP contribution in [0.15, 0.2) is 24.3 Å². The molecule has 30 heavy (non-hydrogen) atoms. The number of anilines is 1. The number of nitrogens with zero attached hydrogens (tertiary/aromatic N) is 1. The third kappa shape index (κ3) is 6.93. The van der Waals surface area contributed by atoms with E-state index in [9.17, 15) is 19.1 Å². The van der Waals surface area contributed by atoms with E-state index in [4.69, 9.17) is 4.74 Å². The van der Waals surface area contributed by atoms with Crippen LogP contribution in [0.5, 0.6) is 0 Å². The van der Waals surface area contributed by atoms with Crippen molar-refractivity contribution in [3.8, 4) is 0 Å². The molecule has 166 valence electrons. The first-order chi connectivity index (χ1) is 14.5. The third-order valence-electron chi connectivity index (χ3n) is 5.58. The monoisotopic (exact) mass is 422 g/mol. The summed E-state index contributed by atoms with van der Waals surface area (Å²) in [5.41, 5.74) is 0.467. The van der Waals surface area contributed by atoms with E-state index in [1.165, 1.54) is 37.1 Å². The Morgan fingerprint density at radius 2 is 1.90 bits per heavy atom. The Balaban J connectivity index is 1.38. The zero-order valence-corrected chi connectivity index (χ0v) is 17.1. The number of rotatable bonds is 8. The van der Waals surface area contributed by atoms with Crippen LogP contribution in [0.3, 0.4) is 0 Å². The van der Waals surface area contributed by atoms with E-state index in [0.29, 0.717) is 25.1 Å². The number of nitrogens with one attached hydrogen (secondary N) is 3. The highest BCUT2D eigenvalue weighted by Gasteiger charge is 2.32. The molecule has 2 saturated heterocycles. The van der Waals surface area contributed by atoms with Gasteiger partial charge in [-0.05, 0) is 63.0 Å². The number of urea groups is 1. The maximum atomic E-state index is 13.0. The Hall–Kier alpha value is -2.23. The highest BCUT2D eigenvalue weighted by Crippen LogP contribution is 2.22. The molecule has 0 aromatic heterocycles. The molecule has 3 atom stereocenters. The fraction of sp³-hybridized carbons (Fsp3) is 0.619. The summed E-state index contributed by atoms with van der Waals surface area (Å²) < 4.78 is 18.8. The Kier molecular flexibility index (Phi) is 8.41. The van der Waals surface area contributed by atoms with Crippen LogP contribution < -0.4 is 16.0 Å². The fourth-order valence-corrected chi connectivity index (χ4v) is 3.95. The molecule has 1 aromatic rings. The van der Waals surface area contributed by atoms with Crippen molar-refractivity contribution in [1.82, 2.24) is 15.5 Å². The molecule has 0 aliphatic carbocycles. The van der Waals surface area contributed by atoms with Crippen LogP contribution in [-0.2, 0) is 9.53 Å². The summed E-state index contributed by atoms with van der Waals surface area (Å²) in [6.07, 6.45) is 3.02. The molecule has 3 rings (SSSR count). The topological polar surface area (TPSA) is 103 Å². The number of amides is 3. The number of hydrogen-bond acceptors (Lipinski definition) is 5. The zero-order chi connectivity index (χ0) is 21.3. The van der Waals surface area contributed by atoms with Gasteiger partial charge in [-0.3, -0.25) is 4.79 Å². The lowest BCUT2D eigenvalue weighted by molar-refractivity contribution is -0.130. The predicted octanol–water partition coefficient (Wildman–Crippen LogP) is 1.46. The van der Waals surface area contributed by atoms with Gasteiger partial charge in [0.25, 0.3) is 0 Å². The Bertz CT molecular complexity index is 697. The fourth-order valence-electron chi connectivity index (χ4n) is 3.95. The van der Waals surface area contributed by atoms with Crippen molar-refractivity contribution in [2.24, 2.45) is 0 Å². The number of benzene rings is 1. The van der Waals surface area contributed by atoms with E-state index in [0.717, 1.165) is 19.6 Å². The second kappa shape index (κ2) is 11.2. The van der Waals surface area contributed by atoms with E-state index in [2.05, 4.69) is 20.9 Å². The number of likely N-dealkylation sites (tertiary alicyclic amines) is 1. The molecular formula is C21H31FN4O4. The van der Waals surface area contributed by atoms with Crippen molar-refractivity contribution in [1.29, 1.82) is 0 Å². The van der Waals surface area contributed by atoms with Gasteiger partial charge in [0.05, 0.1) is 25.2 Å². The van der Waals surface area contributed by atoms with E-state index >= 15 is 0 Å². The second-order valence-electron chi connectivity index (χ2n) is 7.87. The number of hydrogen-bond donors (Lipinski definition) is 4. The van der Waals surface area contributed by atoms with Crippen LogP contribution in [0.25, 0.3) is 0 Å². The molecule has 9 heteroatoms. The number of carbonyl (C=O) groups is 2. The predicted molar refractivity (Wildman–Crippen MR) is 111 cm³/mol. The largest absolute Gasteiger partial charge is 0.394 e. The van der Waals surface area contributed by atoms with Gasteiger partial charge >= 0.3 is 6.03 Å². The number of ether oxygens (including phenoxy) is 1. The maximum absolute atomic E-state index is 13.0. The lowest BCUT2D eigenvalue weighted by Gasteiger charge is -2.36. The molecule has 2 fully saturated rings. The molecule has 0 bridgehead atoms. The van der Waals surface area contributed by atoms with Crippen molar-refractivity contribution >= 4 is 17.6 Å². The molecule has 2 aliphatic heterocycles. The number of halogens is 1. The van der Waals surface area contributed by atoms with E-state index < -0.39 is 12.1 Å². The van der Waals surface area contributed by atoms with E-state index in [1.807, 2.05) is 0 Å². The molecule has 1 aromatic carbocycles. The lowest BCUT2D eigenvalue weighted by Crippen LogP contribution is -2.52. The molecule has 0 spiro atoms. The lowest BCUT2D eigenvalue weighted by atomic mass is 9.97. The summed E-state index contributed by atoms with van der Waals surface area (Å²) in [4.78, 5) is 26.7. The molecular weight excluding hydrogens is 391 g/mol. The summed E-state index contributed by atoms with van der Waals surface area (Å²) in [6, 6.07) is 4.63. The molecule has 0 saturated carbocycles. The van der Waals surface area contributed by atoms with Crippen LogP contribution in [0, 0.1) is 5.82 Å². The smallest absolute Gasteiger partial charge is 0.319 e. The van der Waals surface area contributed by atoms with Gasteiger partial charge in [0.1, 0.15) is 11.9 Å². The van der Waals surface area contributed by atoms with Crippen molar-refractivity contribution in [3.05, 3.63) is 30.1 Å². The number of aliphatic hydroxyl groups excluding tert-OH is 1. The average molecular weight is 423 g/mol. The SMILES string of the molecule is O=C(C[C@H]1CC[C@H](NC(=O)Nc2ccc(F)cc2)[C@@H](CO)O1)NCCN1CCCC1. The minimum Gasteiger partial charge on any atom is -0.394 e. The van der Waals surface area contributed by atoms with Gasteiger partial charge in [0, 0.05) is 18.8 Å². The van der Waals surface area contributed by atoms with Gasteiger partial charge in [0.15, 0.2) is 0 Å². The highest BCUT2D eigenvalue weighted by molar-refractivity contribution is 5.89. The molecule has 0 unspecified atom stereocenters. The van der Waals surface area contributed by atoms with Crippen molar-refractivity contribution in [3.63, 3.8) is 0 Å². The number of carbonyl (C=O) groups excluding carboxylic acids is 2. The Morgan fingerprint density at radius 3 is 2.60 bits per heavy atom. The summed E-state index contributed by atoms with van der Waals surface area (Å²) in [6.45, 7) is 3.44. The normalized spacial score (nSPS) is 24.4. The molecule has 3 amide bonds. The summed E-state index contributed by atoms with van der Waals surface area (Å²) in [5.74, 6) is -0.440. The van der Waals surface area contributed by atoms with Crippen molar-refractivity contribution < 1.29 is 23.8 Å². The summed E-state index contributed by atoms with van der Waals surface area (Å²) in [5, 5.41) is 18.0. The molecule has 2 heterocycles. The van der Waals surface area contributed by atoms with Gasteiger partial charge in [-0.15, -0.1) is 0 Å². The summed E-state index contributed by atoms with van der Waals surface area (Å²) in [7, 11) is 0. The zero-order valence-electron chi connectivity index (χ0n) is 17.1. The number of aliphatic hydroxyl groups is 1. The molecule has 8 nitrogen and oxygen atoms in total. The first-order valence-electron chi connectivity index (χ1n) is 10.6. The van der Waals surface area contributed by atoms with Gasteiger partial charge in [-0.1, -0.05) is 0 Å². The van der Waals surface area contributed by atoms with Crippen LogP contribution in [0.4, 0.5) is 14.9 Å². The average Bonchev–Trinajstić information content (AvgIpc) is 3.24. The first kappa shape index (κ1) is 22.5. The standard InChI is InChI=1S/C21H31FN4O4/c22-15-3-5-16(6-4-15)24-21(29)25-18-8-7-17(30-19(18)14-27)13-20(28)23-9-12-26-10-1-2-11-26/h3-6,17-19,27H,1-2,7-14H2,(H,23,28)(H2,24,25,29)/t17-,18+,19-/m1/s1. The quantitative estimate of drug-likeness (QED) is 0.508. The Morgan fingerprint density at radius 1 is 1.17 bits per heavy atom. The highest BCUT2D eigenvalue weighted by atomic mass is 19.1.